The Morgan fingerprint density at radius 1 is 1.20 bits per heavy atom. The monoisotopic (exact) mass is 278 g/mol. The van der Waals surface area contributed by atoms with Gasteiger partial charge in [0, 0.05) is 25.3 Å². The summed E-state index contributed by atoms with van der Waals surface area (Å²) in [5, 5.41) is 16.1. The average Bonchev–Trinajstić information content (AvgIpc) is 2.92. The van der Waals surface area contributed by atoms with Gasteiger partial charge < -0.3 is 15.7 Å². The molecule has 5 heteroatoms. The van der Waals surface area contributed by atoms with E-state index < -0.39 is 0 Å². The van der Waals surface area contributed by atoms with E-state index in [1.165, 1.54) is 12.8 Å². The molecule has 0 amide bonds. The van der Waals surface area contributed by atoms with Crippen molar-refractivity contribution in [1.82, 2.24) is 9.97 Å². The zero-order valence-electron chi connectivity index (χ0n) is 12.5. The van der Waals surface area contributed by atoms with Crippen molar-refractivity contribution in [3.63, 3.8) is 0 Å². The molecule has 1 aromatic heterocycles. The van der Waals surface area contributed by atoms with Crippen LogP contribution in [-0.4, -0.2) is 34.8 Å². The Morgan fingerprint density at radius 2 is 1.90 bits per heavy atom. The van der Waals surface area contributed by atoms with Crippen LogP contribution in [0.1, 0.15) is 38.2 Å². The number of aliphatic hydroxyl groups is 1. The smallest absolute Gasteiger partial charge is 0.134 e. The first-order chi connectivity index (χ1) is 9.76. The van der Waals surface area contributed by atoms with Gasteiger partial charge in [-0.3, -0.25) is 0 Å². The normalized spacial score (nSPS) is 21.9. The first-order valence-electron chi connectivity index (χ1n) is 7.66. The summed E-state index contributed by atoms with van der Waals surface area (Å²) in [4.78, 5) is 8.62. The largest absolute Gasteiger partial charge is 0.396 e. The highest BCUT2D eigenvalue weighted by Gasteiger charge is 2.26. The molecular weight excluding hydrogens is 252 g/mol. The lowest BCUT2D eigenvalue weighted by molar-refractivity contribution is 0.199. The fourth-order valence-electron chi connectivity index (χ4n) is 2.90. The van der Waals surface area contributed by atoms with E-state index in [0.717, 1.165) is 43.1 Å². The average molecular weight is 278 g/mol. The van der Waals surface area contributed by atoms with Gasteiger partial charge in [-0.1, -0.05) is 13.3 Å². The molecule has 0 aliphatic heterocycles. The molecule has 5 nitrogen and oxygen atoms in total. The standard InChI is InChI=1S/C15H26N4O/c1-3-7-16-14-11(2)15(19-10-18-14)17-8-12-5-4-6-13(12)9-20/h10,12-13,20H,3-9H2,1-2H3,(H2,16,17,18,19). The van der Waals surface area contributed by atoms with Crippen LogP contribution in [0.15, 0.2) is 6.33 Å². The van der Waals surface area contributed by atoms with Crippen molar-refractivity contribution in [3.05, 3.63) is 11.9 Å². The molecule has 1 aromatic rings. The molecule has 0 saturated heterocycles. The molecule has 2 unspecified atom stereocenters. The van der Waals surface area contributed by atoms with Crippen LogP contribution in [0.3, 0.4) is 0 Å². The van der Waals surface area contributed by atoms with Gasteiger partial charge in [0.25, 0.3) is 0 Å². The van der Waals surface area contributed by atoms with Crippen LogP contribution in [0.2, 0.25) is 0 Å². The topological polar surface area (TPSA) is 70.1 Å². The lowest BCUT2D eigenvalue weighted by atomic mass is 9.97. The second-order valence-electron chi connectivity index (χ2n) is 5.64. The van der Waals surface area contributed by atoms with Crippen LogP contribution in [0.4, 0.5) is 11.6 Å². The van der Waals surface area contributed by atoms with Crippen LogP contribution < -0.4 is 10.6 Å². The third-order valence-corrected chi connectivity index (χ3v) is 4.21. The quantitative estimate of drug-likeness (QED) is 0.714. The highest BCUT2D eigenvalue weighted by Crippen LogP contribution is 2.31. The molecule has 2 atom stereocenters. The number of nitrogens with zero attached hydrogens (tertiary/aromatic N) is 2. The van der Waals surface area contributed by atoms with E-state index in [1.54, 1.807) is 6.33 Å². The van der Waals surface area contributed by atoms with Gasteiger partial charge in [-0.05, 0) is 38.0 Å². The molecule has 1 saturated carbocycles. The van der Waals surface area contributed by atoms with Crippen molar-refractivity contribution in [1.29, 1.82) is 0 Å². The summed E-state index contributed by atoms with van der Waals surface area (Å²) in [7, 11) is 0. The van der Waals surface area contributed by atoms with Gasteiger partial charge in [-0.25, -0.2) is 9.97 Å². The van der Waals surface area contributed by atoms with E-state index in [-0.39, 0.29) is 0 Å². The van der Waals surface area contributed by atoms with Crippen LogP contribution in [-0.2, 0) is 0 Å². The van der Waals surface area contributed by atoms with E-state index in [4.69, 9.17) is 0 Å². The van der Waals surface area contributed by atoms with Gasteiger partial charge in [0.05, 0.1) is 0 Å². The summed E-state index contributed by atoms with van der Waals surface area (Å²) >= 11 is 0. The molecule has 3 N–H and O–H groups in total. The highest BCUT2D eigenvalue weighted by molar-refractivity contribution is 5.56. The minimum Gasteiger partial charge on any atom is -0.396 e. The fraction of sp³-hybridized carbons (Fsp3) is 0.733. The minimum absolute atomic E-state index is 0.304. The Hall–Kier alpha value is -1.36. The summed E-state index contributed by atoms with van der Waals surface area (Å²) in [6, 6.07) is 0. The molecule has 1 fully saturated rings. The molecule has 0 bridgehead atoms. The van der Waals surface area contributed by atoms with Crippen molar-refractivity contribution < 1.29 is 5.11 Å². The third-order valence-electron chi connectivity index (χ3n) is 4.21. The molecule has 1 aliphatic rings. The SMILES string of the molecule is CCCNc1ncnc(NCC2CCCC2CO)c1C. The van der Waals surface area contributed by atoms with Gasteiger partial charge in [0.15, 0.2) is 0 Å². The number of anilines is 2. The van der Waals surface area contributed by atoms with Gasteiger partial charge in [0.2, 0.25) is 0 Å². The number of hydrogen-bond donors (Lipinski definition) is 3. The Balaban J connectivity index is 1.95. The van der Waals surface area contributed by atoms with Crippen molar-refractivity contribution in [2.75, 3.05) is 30.3 Å². The number of aromatic nitrogens is 2. The van der Waals surface area contributed by atoms with Crippen molar-refractivity contribution >= 4 is 11.6 Å². The lowest BCUT2D eigenvalue weighted by Crippen LogP contribution is -2.21. The lowest BCUT2D eigenvalue weighted by Gasteiger charge is -2.19. The van der Waals surface area contributed by atoms with Crippen LogP contribution in [0.25, 0.3) is 0 Å². The molecule has 20 heavy (non-hydrogen) atoms. The van der Waals surface area contributed by atoms with Gasteiger partial charge in [0.1, 0.15) is 18.0 Å². The second kappa shape index (κ2) is 7.43. The Morgan fingerprint density at radius 3 is 2.60 bits per heavy atom. The minimum atomic E-state index is 0.304. The maximum atomic E-state index is 9.37. The molecule has 2 rings (SSSR count). The second-order valence-corrected chi connectivity index (χ2v) is 5.64. The van der Waals surface area contributed by atoms with E-state index in [1.807, 2.05) is 6.92 Å². The predicted octanol–water partition coefficient (Wildman–Crippen LogP) is 2.43. The molecule has 112 valence electrons. The fourth-order valence-corrected chi connectivity index (χ4v) is 2.90. The number of nitrogens with one attached hydrogen (secondary N) is 2. The summed E-state index contributed by atoms with van der Waals surface area (Å²) in [5.41, 5.74) is 1.07. The van der Waals surface area contributed by atoms with Crippen LogP contribution in [0, 0.1) is 18.8 Å². The zero-order valence-corrected chi connectivity index (χ0v) is 12.5. The van der Waals surface area contributed by atoms with E-state index in [2.05, 4.69) is 27.5 Å². The van der Waals surface area contributed by atoms with Crippen molar-refractivity contribution in [2.24, 2.45) is 11.8 Å². The van der Waals surface area contributed by atoms with Crippen molar-refractivity contribution in [3.8, 4) is 0 Å². The first-order valence-corrected chi connectivity index (χ1v) is 7.66. The highest BCUT2D eigenvalue weighted by atomic mass is 16.3. The van der Waals surface area contributed by atoms with Crippen LogP contribution >= 0.6 is 0 Å². The summed E-state index contributed by atoms with van der Waals surface area (Å²) in [6.07, 6.45) is 6.25. The van der Waals surface area contributed by atoms with Gasteiger partial charge >= 0.3 is 0 Å². The van der Waals surface area contributed by atoms with Gasteiger partial charge in [-0.15, -0.1) is 0 Å². The Labute approximate surface area is 121 Å². The van der Waals surface area contributed by atoms with Crippen LogP contribution in [0.5, 0.6) is 0 Å². The van der Waals surface area contributed by atoms with E-state index in [9.17, 15) is 5.11 Å². The molecule has 1 heterocycles. The number of rotatable bonds is 7. The van der Waals surface area contributed by atoms with E-state index in [0.29, 0.717) is 18.4 Å². The molecule has 0 spiro atoms. The molecular formula is C15H26N4O. The number of hydrogen-bond acceptors (Lipinski definition) is 5. The first kappa shape index (κ1) is 15.0. The Bertz CT molecular complexity index is 424. The Kier molecular flexibility index (Phi) is 5.59. The maximum Gasteiger partial charge on any atom is 0.134 e. The molecule has 0 radical (unpaired) electrons. The summed E-state index contributed by atoms with van der Waals surface area (Å²) in [6.45, 7) is 6.29. The molecule has 0 aromatic carbocycles. The number of aliphatic hydroxyl groups excluding tert-OH is 1. The molecule has 1 aliphatic carbocycles. The van der Waals surface area contributed by atoms with E-state index >= 15 is 0 Å². The van der Waals surface area contributed by atoms with Gasteiger partial charge in [-0.2, -0.15) is 0 Å². The zero-order chi connectivity index (χ0) is 14.4. The van der Waals surface area contributed by atoms with Crippen molar-refractivity contribution in [2.45, 2.75) is 39.5 Å². The predicted molar refractivity (Wildman–Crippen MR) is 82.0 cm³/mol. The maximum absolute atomic E-state index is 9.37. The summed E-state index contributed by atoms with van der Waals surface area (Å²) in [5.74, 6) is 2.82. The summed E-state index contributed by atoms with van der Waals surface area (Å²) < 4.78 is 0. The third kappa shape index (κ3) is 3.60.